The van der Waals surface area contributed by atoms with Crippen LogP contribution in [-0.4, -0.2) is 63.5 Å². The van der Waals surface area contributed by atoms with Gasteiger partial charge in [-0.15, -0.1) is 0 Å². The summed E-state index contributed by atoms with van der Waals surface area (Å²) in [5.74, 6) is -0.575. The molecule has 9 nitrogen and oxygen atoms in total. The molecule has 0 radical (unpaired) electrons. The fourth-order valence-corrected chi connectivity index (χ4v) is 4.57. The van der Waals surface area contributed by atoms with Gasteiger partial charge in [-0.1, -0.05) is 10.5 Å². The monoisotopic (exact) mass is 478 g/mol. The molecule has 1 unspecified atom stereocenters. The Morgan fingerprint density at radius 2 is 1.94 bits per heavy atom. The summed E-state index contributed by atoms with van der Waals surface area (Å²) < 4.78 is 38.6. The van der Waals surface area contributed by atoms with Crippen molar-refractivity contribution in [3.05, 3.63) is 59.9 Å². The van der Waals surface area contributed by atoms with Gasteiger partial charge < -0.3 is 15.5 Å². The number of halogens is 1. The number of nitrogens with zero attached hydrogens (tertiary/aromatic N) is 2. The molecule has 1 saturated heterocycles. The molecule has 1 atom stereocenters. The molecule has 178 valence electrons. The van der Waals surface area contributed by atoms with Gasteiger partial charge in [-0.3, -0.25) is 9.63 Å². The van der Waals surface area contributed by atoms with Crippen LogP contribution < -0.4 is 10.6 Å². The minimum absolute atomic E-state index is 0.0217. The van der Waals surface area contributed by atoms with Crippen molar-refractivity contribution in [1.29, 1.82) is 0 Å². The van der Waals surface area contributed by atoms with Gasteiger partial charge in [-0.25, -0.2) is 17.6 Å². The lowest BCUT2D eigenvalue weighted by atomic mass is 9.97. The zero-order valence-electron chi connectivity index (χ0n) is 18.5. The number of benzene rings is 2. The van der Waals surface area contributed by atoms with Crippen LogP contribution in [0.2, 0.25) is 0 Å². The number of amides is 3. The average molecular weight is 479 g/mol. The molecule has 0 saturated carbocycles. The van der Waals surface area contributed by atoms with Gasteiger partial charge in [0.05, 0.1) is 12.0 Å². The Labute approximate surface area is 192 Å². The van der Waals surface area contributed by atoms with E-state index in [4.69, 9.17) is 4.84 Å². The minimum Gasteiger partial charge on any atom is -0.338 e. The highest BCUT2D eigenvalue weighted by molar-refractivity contribution is 7.89. The zero-order chi connectivity index (χ0) is 24.0. The summed E-state index contributed by atoms with van der Waals surface area (Å²) >= 11 is 0. The Morgan fingerprint density at radius 3 is 2.61 bits per heavy atom. The Balaban J connectivity index is 1.55. The summed E-state index contributed by atoms with van der Waals surface area (Å²) in [6.07, 6.45) is 1.64. The van der Waals surface area contributed by atoms with Crippen molar-refractivity contribution in [2.75, 3.05) is 39.1 Å². The van der Waals surface area contributed by atoms with Gasteiger partial charge in [0.25, 0.3) is 15.9 Å². The number of hydrogen-bond acceptors (Lipinski definition) is 5. The summed E-state index contributed by atoms with van der Waals surface area (Å²) in [7, 11) is -1.25. The lowest BCUT2D eigenvalue weighted by Gasteiger charge is -2.33. The first-order chi connectivity index (χ1) is 15.7. The van der Waals surface area contributed by atoms with Crippen molar-refractivity contribution >= 4 is 27.6 Å². The minimum atomic E-state index is -3.79. The highest BCUT2D eigenvalue weighted by Gasteiger charge is 2.26. The number of hydroxylamine groups is 1. The smallest absolute Gasteiger partial charge is 0.319 e. The third-order valence-corrected chi connectivity index (χ3v) is 7.13. The van der Waals surface area contributed by atoms with E-state index in [9.17, 15) is 22.4 Å². The molecule has 3 rings (SSSR count). The second-order valence-electron chi connectivity index (χ2n) is 7.73. The summed E-state index contributed by atoms with van der Waals surface area (Å²) in [6, 6.07) is 10.9. The highest BCUT2D eigenvalue weighted by Crippen LogP contribution is 2.20. The van der Waals surface area contributed by atoms with E-state index in [0.717, 1.165) is 17.3 Å². The van der Waals surface area contributed by atoms with E-state index in [0.29, 0.717) is 30.9 Å². The van der Waals surface area contributed by atoms with Gasteiger partial charge in [0, 0.05) is 37.9 Å². The van der Waals surface area contributed by atoms with Crippen molar-refractivity contribution in [3.8, 4) is 0 Å². The maximum absolute atomic E-state index is 13.2. The topological polar surface area (TPSA) is 108 Å². The molecule has 0 aromatic heterocycles. The van der Waals surface area contributed by atoms with E-state index in [1.165, 1.54) is 56.6 Å². The third kappa shape index (κ3) is 6.28. The van der Waals surface area contributed by atoms with E-state index in [2.05, 4.69) is 10.6 Å². The first-order valence-electron chi connectivity index (χ1n) is 10.4. The molecule has 3 amide bonds. The van der Waals surface area contributed by atoms with Crippen LogP contribution in [0.25, 0.3) is 0 Å². The number of carbonyl (C=O) groups excluding carboxylic acids is 2. The van der Waals surface area contributed by atoms with E-state index < -0.39 is 21.9 Å². The molecule has 0 bridgehead atoms. The maximum atomic E-state index is 13.2. The number of piperidine rings is 1. The van der Waals surface area contributed by atoms with Crippen LogP contribution in [-0.2, 0) is 14.9 Å². The van der Waals surface area contributed by atoms with Crippen LogP contribution >= 0.6 is 0 Å². The molecule has 0 aliphatic carbocycles. The van der Waals surface area contributed by atoms with Crippen molar-refractivity contribution in [2.24, 2.45) is 5.92 Å². The molecule has 1 aliphatic heterocycles. The second kappa shape index (κ2) is 10.7. The van der Waals surface area contributed by atoms with Crippen LogP contribution in [0.3, 0.4) is 0 Å². The SMILES string of the molecule is CON(C)S(=O)(=O)c1ccc(C(=O)N2CCCC(CNC(=O)Nc3cccc(F)c3)C2)cc1. The molecular formula is C22H27FN4O5S. The van der Waals surface area contributed by atoms with E-state index in [1.807, 2.05) is 0 Å². The van der Waals surface area contributed by atoms with Crippen LogP contribution in [0, 0.1) is 11.7 Å². The maximum Gasteiger partial charge on any atom is 0.319 e. The first kappa shape index (κ1) is 24.6. The fraction of sp³-hybridized carbons (Fsp3) is 0.364. The first-order valence-corrected chi connectivity index (χ1v) is 11.9. The van der Waals surface area contributed by atoms with Gasteiger partial charge in [0.15, 0.2) is 0 Å². The molecule has 2 N–H and O–H groups in total. The highest BCUT2D eigenvalue weighted by atomic mass is 32.2. The van der Waals surface area contributed by atoms with Gasteiger partial charge in [0.2, 0.25) is 0 Å². The molecular weight excluding hydrogens is 451 g/mol. The van der Waals surface area contributed by atoms with E-state index in [-0.39, 0.29) is 16.7 Å². The number of urea groups is 1. The van der Waals surface area contributed by atoms with Crippen molar-refractivity contribution in [1.82, 2.24) is 14.7 Å². The number of likely N-dealkylation sites (tertiary alicyclic amines) is 1. The summed E-state index contributed by atoms with van der Waals surface area (Å²) in [4.78, 5) is 31.5. The number of hydrogen-bond donors (Lipinski definition) is 2. The molecule has 11 heteroatoms. The van der Waals surface area contributed by atoms with Crippen LogP contribution in [0.5, 0.6) is 0 Å². The number of sulfonamides is 1. The number of nitrogens with one attached hydrogen (secondary N) is 2. The third-order valence-electron chi connectivity index (χ3n) is 5.43. The normalized spacial score (nSPS) is 16.5. The van der Waals surface area contributed by atoms with E-state index in [1.54, 1.807) is 11.0 Å². The Kier molecular flexibility index (Phi) is 8.01. The quantitative estimate of drug-likeness (QED) is 0.595. The van der Waals surface area contributed by atoms with Gasteiger partial charge in [0.1, 0.15) is 5.82 Å². The summed E-state index contributed by atoms with van der Waals surface area (Å²) in [5.41, 5.74) is 0.738. The number of carbonyl (C=O) groups is 2. The van der Waals surface area contributed by atoms with Crippen LogP contribution in [0.15, 0.2) is 53.4 Å². The predicted octanol–water partition coefficient (Wildman–Crippen LogP) is 2.68. The molecule has 33 heavy (non-hydrogen) atoms. The molecule has 0 spiro atoms. The van der Waals surface area contributed by atoms with E-state index >= 15 is 0 Å². The molecule has 2 aromatic rings. The fourth-order valence-electron chi connectivity index (χ4n) is 3.59. The largest absolute Gasteiger partial charge is 0.338 e. The van der Waals surface area contributed by atoms with Crippen molar-refractivity contribution in [2.45, 2.75) is 17.7 Å². The molecule has 2 aromatic carbocycles. The number of anilines is 1. The standard InChI is InChI=1S/C22H27FN4O5S/c1-26(32-2)33(30,31)20-10-8-17(9-11-20)21(28)27-12-4-5-16(15-27)14-24-22(29)25-19-7-3-6-18(23)13-19/h3,6-11,13,16H,4-5,12,14-15H2,1-2H3,(H2,24,25,29). The second-order valence-corrected chi connectivity index (χ2v) is 9.66. The predicted molar refractivity (Wildman–Crippen MR) is 120 cm³/mol. The lowest BCUT2D eigenvalue weighted by molar-refractivity contribution is -0.0258. The van der Waals surface area contributed by atoms with Crippen LogP contribution in [0.4, 0.5) is 14.9 Å². The molecule has 1 aliphatic rings. The lowest BCUT2D eigenvalue weighted by Crippen LogP contribution is -2.44. The molecule has 1 fully saturated rings. The molecule has 1 heterocycles. The summed E-state index contributed by atoms with van der Waals surface area (Å²) in [5, 5.41) is 5.35. The van der Waals surface area contributed by atoms with Crippen LogP contribution in [0.1, 0.15) is 23.2 Å². The van der Waals surface area contributed by atoms with Gasteiger partial charge in [-0.2, -0.15) is 0 Å². The summed E-state index contributed by atoms with van der Waals surface area (Å²) in [6.45, 7) is 1.41. The van der Waals surface area contributed by atoms with Crippen molar-refractivity contribution < 1.29 is 27.2 Å². The zero-order valence-corrected chi connectivity index (χ0v) is 19.3. The van der Waals surface area contributed by atoms with Gasteiger partial charge >= 0.3 is 6.03 Å². The van der Waals surface area contributed by atoms with Crippen molar-refractivity contribution in [3.63, 3.8) is 0 Å². The number of rotatable bonds is 7. The average Bonchev–Trinajstić information content (AvgIpc) is 2.82. The Bertz CT molecular complexity index is 1090. The Hall–Kier alpha value is -3.02. The Morgan fingerprint density at radius 1 is 1.21 bits per heavy atom. The van der Waals surface area contributed by atoms with Gasteiger partial charge in [-0.05, 0) is 61.2 Å².